The Hall–Kier alpha value is -2.73. The number of aromatic amines is 1. The van der Waals surface area contributed by atoms with Gasteiger partial charge < -0.3 is 4.74 Å². The van der Waals surface area contributed by atoms with Crippen molar-refractivity contribution in [1.29, 1.82) is 0 Å². The average molecular weight is 295 g/mol. The maximum atomic E-state index is 5.20. The molecule has 0 amide bonds. The Morgan fingerprint density at radius 2 is 1.86 bits per heavy atom. The van der Waals surface area contributed by atoms with E-state index in [2.05, 4.69) is 38.1 Å². The fraction of sp³-hybridized carbons (Fsp3) is 0.188. The first-order chi connectivity index (χ1) is 10.9. The molecule has 22 heavy (non-hydrogen) atoms. The predicted octanol–water partition coefficient (Wildman–Crippen LogP) is 2.09. The molecule has 0 fully saturated rings. The first-order valence-electron chi connectivity index (χ1n) is 7.01. The highest BCUT2D eigenvalue weighted by atomic mass is 16.5. The van der Waals surface area contributed by atoms with Crippen LogP contribution in [-0.2, 0) is 6.54 Å². The zero-order chi connectivity index (χ0) is 15.2. The molecule has 0 saturated carbocycles. The van der Waals surface area contributed by atoms with E-state index in [1.54, 1.807) is 7.11 Å². The van der Waals surface area contributed by atoms with E-state index in [-0.39, 0.29) is 6.04 Å². The van der Waals surface area contributed by atoms with Crippen molar-refractivity contribution in [2.24, 2.45) is 0 Å². The first kappa shape index (κ1) is 14.2. The molecule has 0 spiro atoms. The third-order valence-corrected chi connectivity index (χ3v) is 3.42. The number of ether oxygens (including phenoxy) is 1. The number of benzene rings is 2. The second kappa shape index (κ2) is 6.82. The average Bonchev–Trinajstić information content (AvgIpc) is 3.11. The van der Waals surface area contributed by atoms with Gasteiger partial charge in [0.05, 0.1) is 13.2 Å². The fourth-order valence-corrected chi connectivity index (χ4v) is 2.26. The van der Waals surface area contributed by atoms with Crippen LogP contribution in [0.15, 0.2) is 54.6 Å². The summed E-state index contributed by atoms with van der Waals surface area (Å²) in [7, 11) is 1.65. The molecule has 1 aromatic heterocycles. The third-order valence-electron chi connectivity index (χ3n) is 3.42. The van der Waals surface area contributed by atoms with E-state index in [1.165, 1.54) is 5.56 Å². The SMILES string of the molecule is COc1ccc(C(NCc2ccccc2)c2nn[nH]n2)cc1. The van der Waals surface area contributed by atoms with Gasteiger partial charge >= 0.3 is 0 Å². The van der Waals surface area contributed by atoms with Gasteiger partial charge in [0.15, 0.2) is 5.82 Å². The quantitative estimate of drug-likeness (QED) is 0.728. The Morgan fingerprint density at radius 3 is 2.50 bits per heavy atom. The molecule has 0 radical (unpaired) electrons. The van der Waals surface area contributed by atoms with E-state index < -0.39 is 0 Å². The Morgan fingerprint density at radius 1 is 1.09 bits per heavy atom. The second-order valence-corrected chi connectivity index (χ2v) is 4.84. The van der Waals surface area contributed by atoms with Gasteiger partial charge in [-0.3, -0.25) is 5.32 Å². The van der Waals surface area contributed by atoms with Crippen LogP contribution in [0.25, 0.3) is 0 Å². The third kappa shape index (κ3) is 3.29. The van der Waals surface area contributed by atoms with Crippen LogP contribution in [0.1, 0.15) is 23.0 Å². The lowest BCUT2D eigenvalue weighted by Crippen LogP contribution is -2.23. The maximum absolute atomic E-state index is 5.20. The van der Waals surface area contributed by atoms with Gasteiger partial charge in [-0.25, -0.2) is 0 Å². The van der Waals surface area contributed by atoms with Gasteiger partial charge in [0.25, 0.3) is 0 Å². The highest BCUT2D eigenvalue weighted by Crippen LogP contribution is 2.21. The van der Waals surface area contributed by atoms with Crippen LogP contribution in [-0.4, -0.2) is 27.7 Å². The molecule has 1 heterocycles. The van der Waals surface area contributed by atoms with Crippen molar-refractivity contribution < 1.29 is 4.74 Å². The number of rotatable bonds is 6. The molecule has 3 rings (SSSR count). The number of aromatic nitrogens is 4. The molecule has 2 aromatic carbocycles. The van der Waals surface area contributed by atoms with Gasteiger partial charge in [0.1, 0.15) is 5.75 Å². The van der Waals surface area contributed by atoms with Gasteiger partial charge in [-0.1, -0.05) is 47.7 Å². The normalized spacial score (nSPS) is 12.0. The lowest BCUT2D eigenvalue weighted by molar-refractivity contribution is 0.414. The highest BCUT2D eigenvalue weighted by molar-refractivity contribution is 5.31. The topological polar surface area (TPSA) is 75.7 Å². The largest absolute Gasteiger partial charge is 0.497 e. The van der Waals surface area contributed by atoms with Crippen molar-refractivity contribution in [3.63, 3.8) is 0 Å². The van der Waals surface area contributed by atoms with Crippen LogP contribution < -0.4 is 10.1 Å². The van der Waals surface area contributed by atoms with E-state index in [1.807, 2.05) is 42.5 Å². The first-order valence-corrected chi connectivity index (χ1v) is 7.01. The van der Waals surface area contributed by atoms with Crippen LogP contribution in [0.3, 0.4) is 0 Å². The molecule has 3 aromatic rings. The summed E-state index contributed by atoms with van der Waals surface area (Å²) in [6.45, 7) is 0.714. The summed E-state index contributed by atoms with van der Waals surface area (Å²) in [6.07, 6.45) is 0. The molecule has 0 bridgehead atoms. The molecule has 1 atom stereocenters. The van der Waals surface area contributed by atoms with Crippen LogP contribution in [0.5, 0.6) is 5.75 Å². The fourth-order valence-electron chi connectivity index (χ4n) is 2.26. The minimum atomic E-state index is -0.134. The number of tetrazole rings is 1. The summed E-state index contributed by atoms with van der Waals surface area (Å²) in [4.78, 5) is 0. The van der Waals surface area contributed by atoms with Crippen molar-refractivity contribution in [1.82, 2.24) is 25.9 Å². The molecule has 6 nitrogen and oxygen atoms in total. The van der Waals surface area contributed by atoms with Gasteiger partial charge in [0.2, 0.25) is 0 Å². The summed E-state index contributed by atoms with van der Waals surface area (Å²) in [5.74, 6) is 1.43. The smallest absolute Gasteiger partial charge is 0.195 e. The molecule has 0 aliphatic heterocycles. The van der Waals surface area contributed by atoms with Crippen molar-refractivity contribution in [2.75, 3.05) is 7.11 Å². The summed E-state index contributed by atoms with van der Waals surface area (Å²) in [6, 6.07) is 17.9. The van der Waals surface area contributed by atoms with E-state index in [9.17, 15) is 0 Å². The van der Waals surface area contributed by atoms with Gasteiger partial charge in [-0.2, -0.15) is 5.21 Å². The van der Waals surface area contributed by atoms with Crippen LogP contribution in [0.4, 0.5) is 0 Å². The summed E-state index contributed by atoms with van der Waals surface area (Å²) < 4.78 is 5.20. The predicted molar refractivity (Wildman–Crippen MR) is 82.3 cm³/mol. The molecule has 0 saturated heterocycles. The second-order valence-electron chi connectivity index (χ2n) is 4.84. The monoisotopic (exact) mass is 295 g/mol. The molecule has 2 N–H and O–H groups in total. The highest BCUT2D eigenvalue weighted by Gasteiger charge is 2.18. The molecule has 0 aliphatic carbocycles. The van der Waals surface area contributed by atoms with Gasteiger partial charge in [0, 0.05) is 6.54 Å². The number of H-pyrrole nitrogens is 1. The molecule has 6 heteroatoms. The Labute approximate surface area is 128 Å². The van der Waals surface area contributed by atoms with E-state index >= 15 is 0 Å². The van der Waals surface area contributed by atoms with Crippen molar-refractivity contribution in [3.8, 4) is 5.75 Å². The summed E-state index contributed by atoms with van der Waals surface area (Å²) in [5.41, 5.74) is 2.25. The minimum absolute atomic E-state index is 0.134. The van der Waals surface area contributed by atoms with E-state index in [4.69, 9.17) is 4.74 Å². The number of hydrogen-bond donors (Lipinski definition) is 2. The van der Waals surface area contributed by atoms with E-state index in [0.717, 1.165) is 11.3 Å². The van der Waals surface area contributed by atoms with Crippen LogP contribution in [0, 0.1) is 0 Å². The number of hydrogen-bond acceptors (Lipinski definition) is 5. The standard InChI is InChI=1S/C16H17N5O/c1-22-14-9-7-13(8-10-14)15(16-18-20-21-19-16)17-11-12-5-3-2-4-6-12/h2-10,15,17H,11H2,1H3,(H,18,19,20,21). The van der Waals surface area contributed by atoms with Crippen molar-refractivity contribution >= 4 is 0 Å². The maximum Gasteiger partial charge on any atom is 0.195 e. The van der Waals surface area contributed by atoms with Gasteiger partial charge in [-0.15, -0.1) is 10.2 Å². The minimum Gasteiger partial charge on any atom is -0.497 e. The Kier molecular flexibility index (Phi) is 4.41. The molecule has 0 aliphatic rings. The summed E-state index contributed by atoms with van der Waals surface area (Å²) >= 11 is 0. The molecular weight excluding hydrogens is 278 g/mol. The van der Waals surface area contributed by atoms with Crippen molar-refractivity contribution in [2.45, 2.75) is 12.6 Å². The molecular formula is C16H17N5O. The molecule has 112 valence electrons. The van der Waals surface area contributed by atoms with E-state index in [0.29, 0.717) is 12.4 Å². The van der Waals surface area contributed by atoms with Crippen molar-refractivity contribution in [3.05, 3.63) is 71.5 Å². The zero-order valence-corrected chi connectivity index (χ0v) is 12.2. The zero-order valence-electron chi connectivity index (χ0n) is 12.2. The summed E-state index contributed by atoms with van der Waals surface area (Å²) in [5, 5.41) is 17.8. The molecule has 1 unspecified atom stereocenters. The van der Waals surface area contributed by atoms with Gasteiger partial charge in [-0.05, 0) is 23.3 Å². The number of nitrogens with zero attached hydrogens (tertiary/aromatic N) is 3. The Bertz CT molecular complexity index is 682. The van der Waals surface area contributed by atoms with Crippen LogP contribution in [0.2, 0.25) is 0 Å². The number of nitrogens with one attached hydrogen (secondary N) is 2. The lowest BCUT2D eigenvalue weighted by Gasteiger charge is -2.16. The lowest BCUT2D eigenvalue weighted by atomic mass is 10.1. The van der Waals surface area contributed by atoms with Crippen LogP contribution >= 0.6 is 0 Å². The Balaban J connectivity index is 1.81. The number of methoxy groups -OCH3 is 1.